The molecule has 0 aliphatic carbocycles. The smallest absolute Gasteiger partial charge is 0.410 e. The van der Waals surface area contributed by atoms with E-state index in [0.29, 0.717) is 24.7 Å². The van der Waals surface area contributed by atoms with Crippen molar-refractivity contribution in [2.75, 3.05) is 18.8 Å². The quantitative estimate of drug-likeness (QED) is 0.833. The maximum absolute atomic E-state index is 12.8. The Balaban J connectivity index is 1.97. The fraction of sp³-hybridized carbons (Fsp3) is 0.684. The number of anilines is 1. The van der Waals surface area contributed by atoms with E-state index in [9.17, 15) is 9.59 Å². The second kappa shape index (κ2) is 8.10. The number of hydrogen-bond donors (Lipinski definition) is 2. The van der Waals surface area contributed by atoms with Crippen LogP contribution in [0.2, 0.25) is 0 Å². The molecule has 1 atom stereocenters. The zero-order valence-electron chi connectivity index (χ0n) is 16.9. The monoisotopic (exact) mass is 377 g/mol. The molecule has 0 bridgehead atoms. The fourth-order valence-corrected chi connectivity index (χ4v) is 3.13. The highest BCUT2D eigenvalue weighted by molar-refractivity contribution is 5.82. The molecular formula is C19H31N5O3. The van der Waals surface area contributed by atoms with Crippen molar-refractivity contribution in [3.05, 3.63) is 18.1 Å². The third kappa shape index (κ3) is 5.80. The van der Waals surface area contributed by atoms with Gasteiger partial charge in [0.2, 0.25) is 5.91 Å². The summed E-state index contributed by atoms with van der Waals surface area (Å²) in [6.45, 7) is 10.7. The summed E-state index contributed by atoms with van der Waals surface area (Å²) in [7, 11) is 0. The molecule has 1 aromatic heterocycles. The number of aromatic nitrogens is 2. The van der Waals surface area contributed by atoms with Gasteiger partial charge in [-0.1, -0.05) is 13.8 Å². The van der Waals surface area contributed by atoms with Crippen molar-refractivity contribution in [1.29, 1.82) is 0 Å². The molecule has 1 saturated heterocycles. The lowest BCUT2D eigenvalue weighted by Crippen LogP contribution is -2.50. The second-order valence-corrected chi connectivity index (χ2v) is 8.57. The van der Waals surface area contributed by atoms with E-state index in [4.69, 9.17) is 10.5 Å². The number of amides is 2. The van der Waals surface area contributed by atoms with Gasteiger partial charge in [0, 0.05) is 24.7 Å². The minimum absolute atomic E-state index is 0.0422. The van der Waals surface area contributed by atoms with Gasteiger partial charge in [0.05, 0.1) is 6.54 Å². The lowest BCUT2D eigenvalue weighted by molar-refractivity contribution is -0.133. The molecule has 8 heteroatoms. The Kier molecular flexibility index (Phi) is 6.28. The highest BCUT2D eigenvalue weighted by atomic mass is 16.6. The van der Waals surface area contributed by atoms with Crippen molar-refractivity contribution in [2.24, 2.45) is 11.3 Å². The van der Waals surface area contributed by atoms with E-state index in [2.05, 4.69) is 15.3 Å². The highest BCUT2D eigenvalue weighted by Crippen LogP contribution is 2.34. The van der Waals surface area contributed by atoms with Crippen LogP contribution in [-0.2, 0) is 16.1 Å². The molecule has 0 radical (unpaired) electrons. The van der Waals surface area contributed by atoms with Gasteiger partial charge < -0.3 is 20.7 Å². The predicted octanol–water partition coefficient (Wildman–Crippen LogP) is 2.35. The van der Waals surface area contributed by atoms with Gasteiger partial charge in [0.25, 0.3) is 0 Å². The standard InChI is InChI=1S/C19H31N5O3/c1-18(2,3)27-17(26)24-10-6-7-13(12-24)19(4,5)16(25)22-11-15-21-9-8-14(20)23-15/h8-9,13H,6-7,10-12H2,1-5H3,(H,22,25)(H2,20,21,23)/t13-/m0/s1. The topological polar surface area (TPSA) is 110 Å². The normalized spacial score (nSPS) is 18.1. The Morgan fingerprint density at radius 1 is 1.33 bits per heavy atom. The lowest BCUT2D eigenvalue weighted by atomic mass is 9.74. The van der Waals surface area contributed by atoms with Crippen molar-refractivity contribution in [1.82, 2.24) is 20.2 Å². The van der Waals surface area contributed by atoms with Crippen LogP contribution < -0.4 is 11.1 Å². The van der Waals surface area contributed by atoms with E-state index in [-0.39, 0.29) is 24.5 Å². The van der Waals surface area contributed by atoms with Gasteiger partial charge in [-0.3, -0.25) is 4.79 Å². The van der Waals surface area contributed by atoms with Crippen LogP contribution in [0.4, 0.5) is 10.6 Å². The first kappa shape index (κ1) is 20.9. The third-order valence-corrected chi connectivity index (χ3v) is 4.81. The zero-order valence-corrected chi connectivity index (χ0v) is 16.9. The van der Waals surface area contributed by atoms with Crippen molar-refractivity contribution in [3.63, 3.8) is 0 Å². The molecule has 0 aromatic carbocycles. The summed E-state index contributed by atoms with van der Waals surface area (Å²) >= 11 is 0. The summed E-state index contributed by atoms with van der Waals surface area (Å²) < 4.78 is 5.47. The van der Waals surface area contributed by atoms with Crippen LogP contribution in [0.5, 0.6) is 0 Å². The largest absolute Gasteiger partial charge is 0.444 e. The number of nitrogens with two attached hydrogens (primary N) is 1. The summed E-state index contributed by atoms with van der Waals surface area (Å²) in [6, 6.07) is 1.60. The molecule has 0 spiro atoms. The molecule has 0 saturated carbocycles. The van der Waals surface area contributed by atoms with Crippen LogP contribution in [0.15, 0.2) is 12.3 Å². The van der Waals surface area contributed by atoms with E-state index in [1.807, 2.05) is 34.6 Å². The molecule has 150 valence electrons. The molecule has 1 fully saturated rings. The third-order valence-electron chi connectivity index (χ3n) is 4.81. The average Bonchev–Trinajstić information content (AvgIpc) is 2.58. The van der Waals surface area contributed by atoms with Gasteiger partial charge >= 0.3 is 6.09 Å². The molecule has 8 nitrogen and oxygen atoms in total. The van der Waals surface area contributed by atoms with Crippen molar-refractivity contribution in [3.8, 4) is 0 Å². The number of ether oxygens (including phenoxy) is 1. The van der Waals surface area contributed by atoms with Gasteiger partial charge in [-0.05, 0) is 45.6 Å². The van der Waals surface area contributed by atoms with Crippen molar-refractivity contribution in [2.45, 2.75) is 59.6 Å². The summed E-state index contributed by atoms with van der Waals surface area (Å²) in [5.74, 6) is 0.789. The van der Waals surface area contributed by atoms with Crippen LogP contribution in [0.3, 0.4) is 0 Å². The Bertz CT molecular complexity index is 684. The van der Waals surface area contributed by atoms with E-state index in [0.717, 1.165) is 12.8 Å². The molecule has 2 amide bonds. The van der Waals surface area contributed by atoms with Crippen LogP contribution >= 0.6 is 0 Å². The summed E-state index contributed by atoms with van der Waals surface area (Å²) in [4.78, 5) is 35.1. The minimum Gasteiger partial charge on any atom is -0.444 e. The highest BCUT2D eigenvalue weighted by Gasteiger charge is 2.40. The van der Waals surface area contributed by atoms with Gasteiger partial charge in [-0.25, -0.2) is 14.8 Å². The first-order chi connectivity index (χ1) is 12.5. The Morgan fingerprint density at radius 2 is 2.04 bits per heavy atom. The summed E-state index contributed by atoms with van der Waals surface area (Å²) in [5, 5.41) is 2.89. The molecule has 27 heavy (non-hydrogen) atoms. The zero-order chi connectivity index (χ0) is 20.2. The van der Waals surface area contributed by atoms with E-state index in [1.54, 1.807) is 17.2 Å². The first-order valence-electron chi connectivity index (χ1n) is 9.32. The number of hydrogen-bond acceptors (Lipinski definition) is 6. The molecule has 1 aromatic rings. The number of rotatable bonds is 4. The average molecular weight is 377 g/mol. The molecule has 1 aliphatic rings. The SMILES string of the molecule is CC(C)(C)OC(=O)N1CCC[C@H](C(C)(C)C(=O)NCc2nccc(N)n2)C1. The van der Waals surface area contributed by atoms with Gasteiger partial charge in [-0.15, -0.1) is 0 Å². The van der Waals surface area contributed by atoms with Crippen LogP contribution in [0.1, 0.15) is 53.3 Å². The second-order valence-electron chi connectivity index (χ2n) is 8.57. The van der Waals surface area contributed by atoms with Gasteiger partial charge in [-0.2, -0.15) is 0 Å². The van der Waals surface area contributed by atoms with Crippen molar-refractivity contribution >= 4 is 17.8 Å². The number of carbonyl (C=O) groups is 2. The Labute approximate surface area is 160 Å². The van der Waals surface area contributed by atoms with Crippen LogP contribution in [0.25, 0.3) is 0 Å². The van der Waals surface area contributed by atoms with E-state index >= 15 is 0 Å². The molecule has 3 N–H and O–H groups in total. The number of piperidine rings is 1. The first-order valence-corrected chi connectivity index (χ1v) is 9.32. The number of likely N-dealkylation sites (tertiary alicyclic amines) is 1. The fourth-order valence-electron chi connectivity index (χ4n) is 3.13. The molecule has 0 unspecified atom stereocenters. The molecule has 2 rings (SSSR count). The van der Waals surface area contributed by atoms with Crippen LogP contribution in [0, 0.1) is 11.3 Å². The van der Waals surface area contributed by atoms with Crippen molar-refractivity contribution < 1.29 is 14.3 Å². The Hall–Kier alpha value is -2.38. The summed E-state index contributed by atoms with van der Waals surface area (Å²) in [5.41, 5.74) is 4.47. The molecule has 1 aliphatic heterocycles. The predicted molar refractivity (Wildman–Crippen MR) is 103 cm³/mol. The molecule has 2 heterocycles. The number of nitrogens with one attached hydrogen (secondary N) is 1. The maximum atomic E-state index is 12.8. The number of nitrogens with zero attached hydrogens (tertiary/aromatic N) is 3. The summed E-state index contributed by atoms with van der Waals surface area (Å²) in [6.07, 6.45) is 2.97. The molecular weight excluding hydrogens is 346 g/mol. The van der Waals surface area contributed by atoms with E-state index in [1.165, 1.54) is 0 Å². The number of nitrogen functional groups attached to an aromatic ring is 1. The maximum Gasteiger partial charge on any atom is 0.410 e. The Morgan fingerprint density at radius 3 is 2.67 bits per heavy atom. The van der Waals surface area contributed by atoms with Gasteiger partial charge in [0.15, 0.2) is 0 Å². The van der Waals surface area contributed by atoms with E-state index < -0.39 is 11.0 Å². The van der Waals surface area contributed by atoms with Crippen LogP contribution in [-0.4, -0.2) is 45.6 Å². The number of carbonyl (C=O) groups excluding carboxylic acids is 2. The van der Waals surface area contributed by atoms with Gasteiger partial charge in [0.1, 0.15) is 17.2 Å². The lowest BCUT2D eigenvalue weighted by Gasteiger charge is -2.40. The minimum atomic E-state index is -0.638.